The molecule has 0 aliphatic carbocycles. The standard InChI is InChI=1S/C15H19ClN4S.HI/c1-11-14(21-10-19-11)8-18-15(17-2)20(3)9-12-5-4-6-13(16)7-12;/h4-7,10H,8-9H2,1-3H3,(H,17,18);1H. The van der Waals surface area contributed by atoms with Gasteiger partial charge in [-0.15, -0.1) is 35.3 Å². The van der Waals surface area contributed by atoms with E-state index in [4.69, 9.17) is 11.6 Å². The number of aromatic nitrogens is 1. The lowest BCUT2D eigenvalue weighted by atomic mass is 10.2. The highest BCUT2D eigenvalue weighted by molar-refractivity contribution is 14.0. The van der Waals surface area contributed by atoms with Crippen molar-refractivity contribution in [2.24, 2.45) is 4.99 Å². The number of thiazole rings is 1. The SMILES string of the molecule is CN=C(NCc1scnc1C)N(C)Cc1cccc(Cl)c1.I. The predicted molar refractivity (Wildman–Crippen MR) is 105 cm³/mol. The second-order valence-electron chi connectivity index (χ2n) is 4.75. The number of aryl methyl sites for hydroxylation is 1. The minimum atomic E-state index is 0. The monoisotopic (exact) mass is 450 g/mol. The van der Waals surface area contributed by atoms with Gasteiger partial charge in [0.1, 0.15) is 0 Å². The molecule has 0 saturated carbocycles. The molecule has 0 radical (unpaired) electrons. The van der Waals surface area contributed by atoms with Gasteiger partial charge in [0.25, 0.3) is 0 Å². The van der Waals surface area contributed by atoms with E-state index in [2.05, 4.69) is 26.3 Å². The van der Waals surface area contributed by atoms with E-state index >= 15 is 0 Å². The van der Waals surface area contributed by atoms with Crippen molar-refractivity contribution in [3.05, 3.63) is 50.9 Å². The Bertz CT molecular complexity index is 630. The summed E-state index contributed by atoms with van der Waals surface area (Å²) in [5.41, 5.74) is 4.09. The van der Waals surface area contributed by atoms with Crippen LogP contribution in [0.1, 0.15) is 16.1 Å². The Morgan fingerprint density at radius 1 is 1.45 bits per heavy atom. The largest absolute Gasteiger partial charge is 0.351 e. The van der Waals surface area contributed by atoms with Crippen LogP contribution in [0.15, 0.2) is 34.8 Å². The minimum Gasteiger partial charge on any atom is -0.351 e. The lowest BCUT2D eigenvalue weighted by Gasteiger charge is -2.22. The van der Waals surface area contributed by atoms with Crippen molar-refractivity contribution < 1.29 is 0 Å². The molecule has 0 aliphatic rings. The van der Waals surface area contributed by atoms with Gasteiger partial charge in [-0.1, -0.05) is 23.7 Å². The number of hydrogen-bond acceptors (Lipinski definition) is 3. The van der Waals surface area contributed by atoms with Crippen LogP contribution in [0.4, 0.5) is 0 Å². The van der Waals surface area contributed by atoms with Crippen LogP contribution in [0.3, 0.4) is 0 Å². The molecule has 0 spiro atoms. The molecule has 0 unspecified atom stereocenters. The quantitative estimate of drug-likeness (QED) is 0.436. The van der Waals surface area contributed by atoms with Crippen molar-refractivity contribution in [3.63, 3.8) is 0 Å². The molecule has 1 aromatic carbocycles. The third kappa shape index (κ3) is 5.40. The summed E-state index contributed by atoms with van der Waals surface area (Å²) in [6, 6.07) is 7.87. The molecule has 2 rings (SSSR count). The molecule has 7 heteroatoms. The summed E-state index contributed by atoms with van der Waals surface area (Å²) >= 11 is 7.67. The molecule has 1 heterocycles. The molecule has 4 nitrogen and oxygen atoms in total. The van der Waals surface area contributed by atoms with Crippen molar-refractivity contribution >= 4 is 52.9 Å². The highest BCUT2D eigenvalue weighted by Crippen LogP contribution is 2.13. The maximum atomic E-state index is 6.02. The average Bonchev–Trinajstić information content (AvgIpc) is 2.85. The van der Waals surface area contributed by atoms with Crippen LogP contribution < -0.4 is 5.32 Å². The fraction of sp³-hybridized carbons (Fsp3) is 0.333. The highest BCUT2D eigenvalue weighted by Gasteiger charge is 2.08. The van der Waals surface area contributed by atoms with Crippen molar-refractivity contribution in [1.29, 1.82) is 0 Å². The van der Waals surface area contributed by atoms with Gasteiger partial charge in [-0.2, -0.15) is 0 Å². The van der Waals surface area contributed by atoms with Crippen LogP contribution in [0, 0.1) is 6.92 Å². The summed E-state index contributed by atoms with van der Waals surface area (Å²) in [5, 5.41) is 4.11. The van der Waals surface area contributed by atoms with Crippen molar-refractivity contribution in [2.75, 3.05) is 14.1 Å². The molecule has 120 valence electrons. The van der Waals surface area contributed by atoms with Crippen LogP contribution in [-0.2, 0) is 13.1 Å². The first-order valence-electron chi connectivity index (χ1n) is 6.65. The zero-order chi connectivity index (χ0) is 15.2. The highest BCUT2D eigenvalue weighted by atomic mass is 127. The lowest BCUT2D eigenvalue weighted by molar-refractivity contribution is 0.477. The van der Waals surface area contributed by atoms with E-state index in [1.54, 1.807) is 18.4 Å². The first-order chi connectivity index (χ1) is 10.1. The van der Waals surface area contributed by atoms with Crippen LogP contribution in [0.5, 0.6) is 0 Å². The minimum absolute atomic E-state index is 0. The molecule has 0 atom stereocenters. The smallest absolute Gasteiger partial charge is 0.193 e. The summed E-state index contributed by atoms with van der Waals surface area (Å²) < 4.78 is 0. The van der Waals surface area contributed by atoms with E-state index in [0.717, 1.165) is 35.3 Å². The Hall–Kier alpha value is -0.860. The first-order valence-corrected chi connectivity index (χ1v) is 7.91. The van der Waals surface area contributed by atoms with Gasteiger partial charge in [-0.3, -0.25) is 4.99 Å². The lowest BCUT2D eigenvalue weighted by Crippen LogP contribution is -2.38. The van der Waals surface area contributed by atoms with E-state index in [0.29, 0.717) is 0 Å². The molecule has 0 saturated heterocycles. The third-order valence-corrected chi connectivity index (χ3v) is 4.30. The van der Waals surface area contributed by atoms with Crippen LogP contribution in [0.2, 0.25) is 5.02 Å². The number of aliphatic imine (C=N–C) groups is 1. The van der Waals surface area contributed by atoms with Gasteiger partial charge < -0.3 is 10.2 Å². The second-order valence-corrected chi connectivity index (χ2v) is 6.12. The summed E-state index contributed by atoms with van der Waals surface area (Å²) in [6.07, 6.45) is 0. The molecular weight excluding hydrogens is 431 g/mol. The topological polar surface area (TPSA) is 40.5 Å². The number of rotatable bonds is 4. The Morgan fingerprint density at radius 2 is 2.23 bits per heavy atom. The van der Waals surface area contributed by atoms with E-state index in [1.807, 2.05) is 37.7 Å². The third-order valence-electron chi connectivity index (χ3n) is 3.13. The molecule has 22 heavy (non-hydrogen) atoms. The molecule has 0 fully saturated rings. The van der Waals surface area contributed by atoms with Gasteiger partial charge in [0.05, 0.1) is 17.7 Å². The number of guanidine groups is 1. The van der Waals surface area contributed by atoms with Gasteiger partial charge in [0, 0.05) is 30.5 Å². The van der Waals surface area contributed by atoms with E-state index in [9.17, 15) is 0 Å². The molecule has 0 aliphatic heterocycles. The number of nitrogens with one attached hydrogen (secondary N) is 1. The Morgan fingerprint density at radius 3 is 2.82 bits per heavy atom. The summed E-state index contributed by atoms with van der Waals surface area (Å²) in [4.78, 5) is 11.9. The van der Waals surface area contributed by atoms with Crippen LogP contribution >= 0.6 is 46.9 Å². The zero-order valence-electron chi connectivity index (χ0n) is 12.8. The Kier molecular flexibility index (Phi) is 8.13. The normalized spacial score (nSPS) is 11.0. The maximum absolute atomic E-state index is 6.02. The Balaban J connectivity index is 0.00000242. The van der Waals surface area contributed by atoms with E-state index in [1.165, 1.54) is 4.88 Å². The van der Waals surface area contributed by atoms with Crippen molar-refractivity contribution in [2.45, 2.75) is 20.0 Å². The first kappa shape index (κ1) is 19.2. The van der Waals surface area contributed by atoms with Gasteiger partial charge in [0.2, 0.25) is 0 Å². The maximum Gasteiger partial charge on any atom is 0.193 e. The molecule has 1 N–H and O–H groups in total. The van der Waals surface area contributed by atoms with Gasteiger partial charge >= 0.3 is 0 Å². The summed E-state index contributed by atoms with van der Waals surface area (Å²) in [5.74, 6) is 0.850. The predicted octanol–water partition coefficient (Wildman–Crippen LogP) is 3.93. The molecule has 2 aromatic rings. The fourth-order valence-corrected chi connectivity index (χ4v) is 2.95. The van der Waals surface area contributed by atoms with E-state index in [-0.39, 0.29) is 24.0 Å². The average molecular weight is 451 g/mol. The summed E-state index contributed by atoms with van der Waals surface area (Å²) in [6.45, 7) is 3.51. The van der Waals surface area contributed by atoms with E-state index < -0.39 is 0 Å². The molecule has 0 amide bonds. The molecule has 1 aromatic heterocycles. The zero-order valence-corrected chi connectivity index (χ0v) is 16.7. The number of hydrogen-bond donors (Lipinski definition) is 1. The van der Waals surface area contributed by atoms with Crippen molar-refractivity contribution in [3.8, 4) is 0 Å². The van der Waals surface area contributed by atoms with Gasteiger partial charge in [0.15, 0.2) is 5.96 Å². The van der Waals surface area contributed by atoms with Gasteiger partial charge in [-0.05, 0) is 24.6 Å². The van der Waals surface area contributed by atoms with Crippen molar-refractivity contribution in [1.82, 2.24) is 15.2 Å². The number of benzene rings is 1. The number of halogens is 2. The Labute approximate surface area is 157 Å². The van der Waals surface area contributed by atoms with Crippen LogP contribution in [0.25, 0.3) is 0 Å². The second kappa shape index (κ2) is 9.32. The summed E-state index contributed by atoms with van der Waals surface area (Å²) in [7, 11) is 3.80. The molecular formula is C15H20ClIN4S. The van der Waals surface area contributed by atoms with Gasteiger partial charge in [-0.25, -0.2) is 4.98 Å². The fourth-order valence-electron chi connectivity index (χ4n) is 2.02. The molecule has 0 bridgehead atoms. The van der Waals surface area contributed by atoms with Crippen LogP contribution in [-0.4, -0.2) is 29.9 Å². The number of nitrogens with zero attached hydrogens (tertiary/aromatic N) is 3.